The summed E-state index contributed by atoms with van der Waals surface area (Å²) in [7, 11) is 0. The van der Waals surface area contributed by atoms with Crippen molar-refractivity contribution in [3.63, 3.8) is 0 Å². The molecule has 0 saturated carbocycles. The highest BCUT2D eigenvalue weighted by Gasteiger charge is 2.31. The van der Waals surface area contributed by atoms with Crippen molar-refractivity contribution in [3.05, 3.63) is 61.5 Å². The van der Waals surface area contributed by atoms with Crippen molar-refractivity contribution < 1.29 is 0 Å². The van der Waals surface area contributed by atoms with Crippen LogP contribution in [-0.2, 0) is 19.3 Å². The molecule has 6 heteroatoms. The standard InChI is InChI=1S/C25H29Cl2N3S/c1-4-7-15-8-11-22-18(12-13-31-22)23(15)30-25-21(6-3)28-24(20(5-2)29-25)17-10-9-16(26)14-19(17)27/h9-10,12-15,23H,4-8,11H2,1-3H3,(H,29,30)/t15?,23-/m0/s1. The lowest BCUT2D eigenvalue weighted by Crippen LogP contribution is -2.27. The molecular formula is C25H29Cl2N3S. The number of halogens is 2. The van der Waals surface area contributed by atoms with E-state index >= 15 is 0 Å². The predicted octanol–water partition coefficient (Wildman–Crippen LogP) is 8.15. The second kappa shape index (κ2) is 9.89. The molecular weight excluding hydrogens is 445 g/mol. The lowest BCUT2D eigenvalue weighted by atomic mass is 9.81. The maximum Gasteiger partial charge on any atom is 0.148 e. The molecule has 2 aromatic heterocycles. The van der Waals surface area contributed by atoms with E-state index in [0.717, 1.165) is 41.3 Å². The molecule has 0 amide bonds. The van der Waals surface area contributed by atoms with Crippen LogP contribution in [0.4, 0.5) is 5.82 Å². The second-order valence-electron chi connectivity index (χ2n) is 8.15. The summed E-state index contributed by atoms with van der Waals surface area (Å²) >= 11 is 14.5. The predicted molar refractivity (Wildman–Crippen MR) is 134 cm³/mol. The number of nitrogens with zero attached hydrogens (tertiary/aromatic N) is 2. The molecule has 1 N–H and O–H groups in total. The van der Waals surface area contributed by atoms with Crippen LogP contribution in [-0.4, -0.2) is 9.97 Å². The Bertz CT molecular complexity index is 1060. The molecule has 4 rings (SSSR count). The fourth-order valence-electron chi connectivity index (χ4n) is 4.60. The molecule has 0 spiro atoms. The van der Waals surface area contributed by atoms with Crippen LogP contribution in [0.15, 0.2) is 29.6 Å². The zero-order valence-corrected chi connectivity index (χ0v) is 20.7. The summed E-state index contributed by atoms with van der Waals surface area (Å²) in [5.41, 5.74) is 5.13. The summed E-state index contributed by atoms with van der Waals surface area (Å²) in [6.07, 6.45) is 6.43. The Balaban J connectivity index is 1.75. The number of aromatic nitrogens is 2. The number of aryl methyl sites for hydroxylation is 3. The van der Waals surface area contributed by atoms with E-state index in [1.165, 1.54) is 36.1 Å². The lowest BCUT2D eigenvalue weighted by molar-refractivity contribution is 0.372. The van der Waals surface area contributed by atoms with Gasteiger partial charge in [0.05, 0.1) is 28.1 Å². The Morgan fingerprint density at radius 1 is 1.06 bits per heavy atom. The van der Waals surface area contributed by atoms with E-state index in [4.69, 9.17) is 33.2 Å². The van der Waals surface area contributed by atoms with Gasteiger partial charge in [-0.3, -0.25) is 0 Å². The van der Waals surface area contributed by atoms with Crippen molar-refractivity contribution in [1.29, 1.82) is 0 Å². The van der Waals surface area contributed by atoms with Crippen LogP contribution in [0.25, 0.3) is 11.3 Å². The Hall–Kier alpha value is -1.62. The van der Waals surface area contributed by atoms with Gasteiger partial charge in [0.25, 0.3) is 0 Å². The molecule has 0 saturated heterocycles. The third-order valence-electron chi connectivity index (χ3n) is 6.18. The average molecular weight is 475 g/mol. The minimum atomic E-state index is 0.296. The molecule has 1 aliphatic carbocycles. The Kier molecular flexibility index (Phi) is 7.20. The van der Waals surface area contributed by atoms with E-state index in [9.17, 15) is 0 Å². The first-order valence-corrected chi connectivity index (χ1v) is 12.9. The smallest absolute Gasteiger partial charge is 0.148 e. The van der Waals surface area contributed by atoms with Crippen LogP contribution in [0.5, 0.6) is 0 Å². The van der Waals surface area contributed by atoms with Gasteiger partial charge in [0.2, 0.25) is 0 Å². The average Bonchev–Trinajstić information content (AvgIpc) is 3.24. The molecule has 0 aliphatic heterocycles. The summed E-state index contributed by atoms with van der Waals surface area (Å²) in [6.45, 7) is 6.52. The first-order chi connectivity index (χ1) is 15.0. The Labute approximate surface area is 199 Å². The van der Waals surface area contributed by atoms with Gasteiger partial charge in [-0.05, 0) is 73.2 Å². The van der Waals surface area contributed by atoms with Crippen LogP contribution in [0.3, 0.4) is 0 Å². The number of benzene rings is 1. The third-order valence-corrected chi connectivity index (χ3v) is 7.72. The minimum Gasteiger partial charge on any atom is -0.361 e. The molecule has 164 valence electrons. The van der Waals surface area contributed by atoms with E-state index < -0.39 is 0 Å². The molecule has 2 heterocycles. The van der Waals surface area contributed by atoms with Gasteiger partial charge < -0.3 is 5.32 Å². The quantitative estimate of drug-likeness (QED) is 0.375. The number of thiophene rings is 1. The summed E-state index contributed by atoms with van der Waals surface area (Å²) in [5, 5.41) is 7.29. The van der Waals surface area contributed by atoms with E-state index in [1.54, 1.807) is 6.07 Å². The first kappa shape index (κ1) is 22.6. The molecule has 3 nitrogen and oxygen atoms in total. The molecule has 0 radical (unpaired) electrons. The highest BCUT2D eigenvalue weighted by Crippen LogP contribution is 2.42. The van der Waals surface area contributed by atoms with E-state index in [2.05, 4.69) is 37.5 Å². The molecule has 1 aliphatic rings. The monoisotopic (exact) mass is 473 g/mol. The van der Waals surface area contributed by atoms with Crippen LogP contribution in [0, 0.1) is 5.92 Å². The van der Waals surface area contributed by atoms with E-state index in [0.29, 0.717) is 22.0 Å². The van der Waals surface area contributed by atoms with Crippen molar-refractivity contribution in [1.82, 2.24) is 9.97 Å². The van der Waals surface area contributed by atoms with Gasteiger partial charge in [-0.15, -0.1) is 11.3 Å². The Morgan fingerprint density at radius 2 is 1.87 bits per heavy atom. The largest absolute Gasteiger partial charge is 0.361 e. The molecule has 3 aromatic rings. The van der Waals surface area contributed by atoms with Gasteiger partial charge in [-0.25, -0.2) is 9.97 Å². The molecule has 0 fully saturated rings. The van der Waals surface area contributed by atoms with Gasteiger partial charge in [-0.1, -0.05) is 50.4 Å². The van der Waals surface area contributed by atoms with Crippen LogP contribution >= 0.6 is 34.5 Å². The summed E-state index contributed by atoms with van der Waals surface area (Å²) in [4.78, 5) is 11.6. The highest BCUT2D eigenvalue weighted by molar-refractivity contribution is 7.10. The second-order valence-corrected chi connectivity index (χ2v) is 10.00. The van der Waals surface area contributed by atoms with Crippen LogP contribution in [0.2, 0.25) is 10.0 Å². The van der Waals surface area contributed by atoms with Crippen LogP contribution < -0.4 is 5.32 Å². The third kappa shape index (κ3) is 4.62. The number of hydrogen-bond donors (Lipinski definition) is 1. The molecule has 1 unspecified atom stereocenters. The number of rotatable bonds is 7. The molecule has 0 bridgehead atoms. The maximum atomic E-state index is 6.51. The lowest BCUT2D eigenvalue weighted by Gasteiger charge is -2.33. The van der Waals surface area contributed by atoms with Gasteiger partial charge >= 0.3 is 0 Å². The summed E-state index contributed by atoms with van der Waals surface area (Å²) in [5.74, 6) is 1.53. The normalized spacial score (nSPS) is 18.1. The van der Waals surface area contributed by atoms with Gasteiger partial charge in [0.1, 0.15) is 5.82 Å². The SMILES string of the molecule is CCCC1CCc2sccc2[C@H]1Nc1nc(CC)c(-c2ccc(Cl)cc2Cl)nc1CC. The fourth-order valence-corrected chi connectivity index (χ4v) is 6.05. The van der Waals surface area contributed by atoms with Gasteiger partial charge in [0.15, 0.2) is 0 Å². The van der Waals surface area contributed by atoms with Crippen LogP contribution in [0.1, 0.15) is 67.9 Å². The van der Waals surface area contributed by atoms with Crippen molar-refractivity contribution >= 4 is 40.4 Å². The topological polar surface area (TPSA) is 37.8 Å². The van der Waals surface area contributed by atoms with Crippen molar-refractivity contribution in [3.8, 4) is 11.3 Å². The zero-order chi connectivity index (χ0) is 22.0. The summed E-state index contributed by atoms with van der Waals surface area (Å²) < 4.78 is 0. The number of nitrogens with one attached hydrogen (secondary N) is 1. The van der Waals surface area contributed by atoms with Gasteiger partial charge in [-0.2, -0.15) is 0 Å². The summed E-state index contributed by atoms with van der Waals surface area (Å²) in [6, 6.07) is 8.16. The fraction of sp³-hybridized carbons (Fsp3) is 0.440. The minimum absolute atomic E-state index is 0.296. The first-order valence-electron chi connectivity index (χ1n) is 11.2. The zero-order valence-electron chi connectivity index (χ0n) is 18.3. The van der Waals surface area contributed by atoms with E-state index in [1.807, 2.05) is 23.5 Å². The number of anilines is 1. The Morgan fingerprint density at radius 3 is 2.58 bits per heavy atom. The van der Waals surface area contributed by atoms with E-state index in [-0.39, 0.29) is 0 Å². The van der Waals surface area contributed by atoms with Gasteiger partial charge in [0, 0.05) is 15.5 Å². The number of hydrogen-bond acceptors (Lipinski definition) is 4. The van der Waals surface area contributed by atoms with Crippen molar-refractivity contribution in [2.24, 2.45) is 5.92 Å². The highest BCUT2D eigenvalue weighted by atomic mass is 35.5. The van der Waals surface area contributed by atoms with Crippen molar-refractivity contribution in [2.45, 2.75) is 65.3 Å². The molecule has 31 heavy (non-hydrogen) atoms. The molecule has 2 atom stereocenters. The number of fused-ring (bicyclic) bond motifs is 1. The molecule has 1 aromatic carbocycles. The van der Waals surface area contributed by atoms with Crippen molar-refractivity contribution in [2.75, 3.05) is 5.32 Å². The maximum absolute atomic E-state index is 6.51.